The van der Waals surface area contributed by atoms with Gasteiger partial charge >= 0.3 is 0 Å². The summed E-state index contributed by atoms with van der Waals surface area (Å²) >= 11 is 0. The summed E-state index contributed by atoms with van der Waals surface area (Å²) in [6, 6.07) is 4.97. The van der Waals surface area contributed by atoms with Crippen molar-refractivity contribution in [2.45, 2.75) is 27.2 Å². The molecule has 1 N–H and O–H groups in total. The highest BCUT2D eigenvalue weighted by atomic mass is 32.2. The number of sulfonamides is 1. The number of ether oxygens (including phenoxy) is 3. The second kappa shape index (κ2) is 13.3. The molecule has 0 bridgehead atoms. The van der Waals surface area contributed by atoms with Crippen LogP contribution in [-0.4, -0.2) is 86.9 Å². The molecule has 36 heavy (non-hydrogen) atoms. The number of nitrogens with one attached hydrogen (secondary N) is 1. The SMILES string of the molecule is CCOc1cc(C(=O)NCCCS(=O)(=O)N2CCN(c3ncccn3)CC2)cc(OCC)c1OCC. The Morgan fingerprint density at radius 1 is 0.944 bits per heavy atom. The predicted molar refractivity (Wildman–Crippen MR) is 137 cm³/mol. The molecule has 1 aliphatic rings. The van der Waals surface area contributed by atoms with Crippen molar-refractivity contribution < 1.29 is 27.4 Å². The average molecular weight is 522 g/mol. The molecule has 1 saturated heterocycles. The Balaban J connectivity index is 1.53. The Kier molecular flexibility index (Phi) is 10.1. The third kappa shape index (κ3) is 7.20. The van der Waals surface area contributed by atoms with Crippen molar-refractivity contribution in [1.82, 2.24) is 19.6 Å². The van der Waals surface area contributed by atoms with Gasteiger partial charge in [0.2, 0.25) is 21.7 Å². The molecule has 198 valence electrons. The van der Waals surface area contributed by atoms with Crippen molar-refractivity contribution in [3.8, 4) is 17.2 Å². The number of anilines is 1. The zero-order valence-electron chi connectivity index (χ0n) is 21.1. The summed E-state index contributed by atoms with van der Waals surface area (Å²) < 4.78 is 44.1. The molecule has 0 unspecified atom stereocenters. The lowest BCUT2D eigenvalue weighted by molar-refractivity contribution is 0.0952. The van der Waals surface area contributed by atoms with Crippen molar-refractivity contribution in [1.29, 1.82) is 0 Å². The second-order valence-corrected chi connectivity index (χ2v) is 10.0. The van der Waals surface area contributed by atoms with E-state index in [0.717, 1.165) is 0 Å². The molecule has 11 nitrogen and oxygen atoms in total. The van der Waals surface area contributed by atoms with E-state index in [4.69, 9.17) is 14.2 Å². The second-order valence-electron chi connectivity index (χ2n) is 7.96. The first-order chi connectivity index (χ1) is 17.4. The van der Waals surface area contributed by atoms with Crippen molar-refractivity contribution in [2.75, 3.05) is 63.2 Å². The van der Waals surface area contributed by atoms with Crippen LogP contribution in [0.1, 0.15) is 37.6 Å². The number of carbonyl (C=O) groups is 1. The maximum absolute atomic E-state index is 12.8. The van der Waals surface area contributed by atoms with Gasteiger partial charge in [0.15, 0.2) is 11.5 Å². The molecule has 0 saturated carbocycles. The van der Waals surface area contributed by atoms with E-state index >= 15 is 0 Å². The zero-order valence-corrected chi connectivity index (χ0v) is 21.9. The fourth-order valence-electron chi connectivity index (χ4n) is 3.83. The Morgan fingerprint density at radius 2 is 1.53 bits per heavy atom. The topological polar surface area (TPSA) is 123 Å². The minimum atomic E-state index is -3.43. The summed E-state index contributed by atoms with van der Waals surface area (Å²) in [5.41, 5.74) is 0.354. The molecule has 0 spiro atoms. The molecule has 1 fully saturated rings. The maximum atomic E-state index is 12.8. The monoisotopic (exact) mass is 521 g/mol. The van der Waals surface area contributed by atoms with E-state index in [0.29, 0.717) is 81.2 Å². The van der Waals surface area contributed by atoms with Crippen molar-refractivity contribution in [3.05, 3.63) is 36.2 Å². The van der Waals surface area contributed by atoms with Crippen LogP contribution in [0.4, 0.5) is 5.95 Å². The fraction of sp³-hybridized carbons (Fsp3) is 0.542. The summed E-state index contributed by atoms with van der Waals surface area (Å²) in [7, 11) is -3.43. The van der Waals surface area contributed by atoms with Crippen LogP contribution in [0, 0.1) is 0 Å². The first kappa shape index (κ1) is 27.5. The first-order valence-electron chi connectivity index (χ1n) is 12.2. The van der Waals surface area contributed by atoms with E-state index in [2.05, 4.69) is 15.3 Å². The molecular formula is C24H35N5O6S. The molecule has 2 heterocycles. The van der Waals surface area contributed by atoms with Gasteiger partial charge in [-0.05, 0) is 45.4 Å². The minimum absolute atomic E-state index is 0.0488. The molecule has 3 rings (SSSR count). The highest BCUT2D eigenvalue weighted by Crippen LogP contribution is 2.39. The summed E-state index contributed by atoms with van der Waals surface area (Å²) in [6.45, 7) is 8.81. The number of carbonyl (C=O) groups excluding carboxylic acids is 1. The highest BCUT2D eigenvalue weighted by molar-refractivity contribution is 7.89. The number of piperazine rings is 1. The van der Waals surface area contributed by atoms with Gasteiger partial charge < -0.3 is 24.4 Å². The molecular weight excluding hydrogens is 486 g/mol. The summed E-state index contributed by atoms with van der Waals surface area (Å²) in [4.78, 5) is 23.2. The van der Waals surface area contributed by atoms with Crippen LogP contribution in [0.15, 0.2) is 30.6 Å². The largest absolute Gasteiger partial charge is 0.490 e. The van der Waals surface area contributed by atoms with Gasteiger partial charge in [-0.2, -0.15) is 4.31 Å². The number of hydrogen-bond donors (Lipinski definition) is 1. The third-order valence-electron chi connectivity index (χ3n) is 5.50. The van der Waals surface area contributed by atoms with Gasteiger partial charge in [0, 0.05) is 50.7 Å². The molecule has 1 aromatic carbocycles. The van der Waals surface area contributed by atoms with Gasteiger partial charge in [0.1, 0.15) is 0 Å². The lowest BCUT2D eigenvalue weighted by Gasteiger charge is -2.33. The maximum Gasteiger partial charge on any atom is 0.251 e. The molecule has 2 aromatic rings. The molecule has 12 heteroatoms. The van der Waals surface area contributed by atoms with E-state index in [1.807, 2.05) is 25.7 Å². The smallest absolute Gasteiger partial charge is 0.251 e. The number of aromatic nitrogens is 2. The van der Waals surface area contributed by atoms with Gasteiger partial charge in [-0.1, -0.05) is 0 Å². The van der Waals surface area contributed by atoms with E-state index in [-0.39, 0.29) is 18.2 Å². The van der Waals surface area contributed by atoms with Crippen LogP contribution in [0.25, 0.3) is 0 Å². The Hall–Kier alpha value is -3.12. The van der Waals surface area contributed by atoms with Crippen LogP contribution in [0.5, 0.6) is 17.2 Å². The molecule has 1 aromatic heterocycles. The Morgan fingerprint density at radius 3 is 2.08 bits per heavy atom. The number of rotatable bonds is 13. The van der Waals surface area contributed by atoms with Crippen LogP contribution < -0.4 is 24.4 Å². The van der Waals surface area contributed by atoms with Gasteiger partial charge in [0.05, 0.1) is 25.6 Å². The molecule has 0 radical (unpaired) electrons. The fourth-order valence-corrected chi connectivity index (χ4v) is 5.32. The van der Waals surface area contributed by atoms with E-state index in [1.54, 1.807) is 30.6 Å². The van der Waals surface area contributed by atoms with Crippen LogP contribution >= 0.6 is 0 Å². The van der Waals surface area contributed by atoms with Crippen LogP contribution in [0.3, 0.4) is 0 Å². The summed E-state index contributed by atoms with van der Waals surface area (Å²) in [6.07, 6.45) is 3.63. The molecule has 1 amide bonds. The quantitative estimate of drug-likeness (QED) is 0.394. The van der Waals surface area contributed by atoms with E-state index in [1.165, 1.54) is 4.31 Å². The minimum Gasteiger partial charge on any atom is -0.490 e. The van der Waals surface area contributed by atoms with Crippen LogP contribution in [0.2, 0.25) is 0 Å². The molecule has 0 aliphatic carbocycles. The summed E-state index contributed by atoms with van der Waals surface area (Å²) in [5.74, 6) is 1.53. The first-order valence-corrected chi connectivity index (χ1v) is 13.8. The molecule has 1 aliphatic heterocycles. The van der Waals surface area contributed by atoms with Crippen molar-refractivity contribution >= 4 is 21.9 Å². The number of benzene rings is 1. The Bertz CT molecular complexity index is 1060. The van der Waals surface area contributed by atoms with Gasteiger partial charge in [-0.3, -0.25) is 4.79 Å². The zero-order chi connectivity index (χ0) is 26.0. The Labute approximate surface area is 212 Å². The van der Waals surface area contributed by atoms with Crippen molar-refractivity contribution in [2.24, 2.45) is 0 Å². The predicted octanol–water partition coefficient (Wildman–Crippen LogP) is 1.94. The number of amides is 1. The number of nitrogens with zero attached hydrogens (tertiary/aromatic N) is 4. The normalized spacial score (nSPS) is 14.4. The van der Waals surface area contributed by atoms with E-state index in [9.17, 15) is 13.2 Å². The van der Waals surface area contributed by atoms with Gasteiger partial charge in [-0.25, -0.2) is 18.4 Å². The standard InChI is InChI=1S/C24H35N5O6S/c1-4-33-20-17-19(18-21(34-5-2)22(20)35-6-3)23(30)25-11-8-16-36(31,32)29-14-12-28(13-15-29)24-26-9-7-10-27-24/h7,9-10,17-18H,4-6,8,11-16H2,1-3H3,(H,25,30). The van der Waals surface area contributed by atoms with Crippen LogP contribution in [-0.2, 0) is 10.0 Å². The summed E-state index contributed by atoms with van der Waals surface area (Å²) in [5, 5.41) is 2.79. The number of hydrogen-bond acceptors (Lipinski definition) is 9. The average Bonchev–Trinajstić information content (AvgIpc) is 2.89. The lowest BCUT2D eigenvalue weighted by Crippen LogP contribution is -2.49. The highest BCUT2D eigenvalue weighted by Gasteiger charge is 2.27. The van der Waals surface area contributed by atoms with Gasteiger partial charge in [0.25, 0.3) is 5.91 Å². The van der Waals surface area contributed by atoms with Crippen molar-refractivity contribution in [3.63, 3.8) is 0 Å². The molecule has 0 atom stereocenters. The third-order valence-corrected chi connectivity index (χ3v) is 7.46. The van der Waals surface area contributed by atoms with E-state index < -0.39 is 10.0 Å². The lowest BCUT2D eigenvalue weighted by atomic mass is 10.1. The van der Waals surface area contributed by atoms with Gasteiger partial charge in [-0.15, -0.1) is 0 Å².